The average Bonchev–Trinajstić information content (AvgIpc) is 2.95. The van der Waals surface area contributed by atoms with Gasteiger partial charge in [0.1, 0.15) is 17.9 Å². The Hall–Kier alpha value is -2.63. The van der Waals surface area contributed by atoms with Crippen molar-refractivity contribution in [2.24, 2.45) is 7.05 Å². The lowest BCUT2D eigenvalue weighted by atomic mass is 10.2. The maximum atomic E-state index is 12.1. The Balaban J connectivity index is 1.74. The first-order chi connectivity index (χ1) is 10.7. The van der Waals surface area contributed by atoms with Crippen LogP contribution in [0.15, 0.2) is 41.5 Å². The van der Waals surface area contributed by atoms with Gasteiger partial charge in [0.2, 0.25) is 0 Å². The van der Waals surface area contributed by atoms with E-state index < -0.39 is 0 Å². The third-order valence-electron chi connectivity index (χ3n) is 3.61. The van der Waals surface area contributed by atoms with Crippen molar-refractivity contribution in [1.82, 2.24) is 19.6 Å². The van der Waals surface area contributed by atoms with Crippen molar-refractivity contribution in [3.8, 4) is 5.75 Å². The molecule has 0 saturated carbocycles. The maximum Gasteiger partial charge on any atom is 0.292 e. The van der Waals surface area contributed by atoms with Crippen LogP contribution in [0.25, 0.3) is 10.9 Å². The molecule has 0 aliphatic carbocycles. The Bertz CT molecular complexity index is 851. The van der Waals surface area contributed by atoms with Gasteiger partial charge in [0.15, 0.2) is 0 Å². The number of rotatable bonds is 5. The molecular weight excluding hydrogens is 280 g/mol. The van der Waals surface area contributed by atoms with Crippen molar-refractivity contribution in [2.75, 3.05) is 6.61 Å². The fourth-order valence-corrected chi connectivity index (χ4v) is 2.36. The summed E-state index contributed by atoms with van der Waals surface area (Å²) in [4.78, 5) is 12.1. The predicted molar refractivity (Wildman–Crippen MR) is 84.1 cm³/mol. The molecular formula is C16H18N4O2. The van der Waals surface area contributed by atoms with Crippen molar-refractivity contribution >= 4 is 10.9 Å². The van der Waals surface area contributed by atoms with Gasteiger partial charge in [0, 0.05) is 12.4 Å². The molecule has 3 rings (SSSR count). The Morgan fingerprint density at radius 2 is 2.05 bits per heavy atom. The summed E-state index contributed by atoms with van der Waals surface area (Å²) in [5, 5.41) is 8.98. The molecule has 22 heavy (non-hydrogen) atoms. The first kappa shape index (κ1) is 14.3. The molecule has 2 aromatic heterocycles. The third-order valence-corrected chi connectivity index (χ3v) is 3.61. The van der Waals surface area contributed by atoms with Crippen LogP contribution in [0.2, 0.25) is 0 Å². The van der Waals surface area contributed by atoms with Gasteiger partial charge in [-0.3, -0.25) is 9.48 Å². The molecule has 0 radical (unpaired) electrons. The summed E-state index contributed by atoms with van der Waals surface area (Å²) < 4.78 is 8.74. The van der Waals surface area contributed by atoms with Crippen LogP contribution in [0.1, 0.15) is 12.5 Å². The molecule has 2 heterocycles. The highest BCUT2D eigenvalue weighted by Crippen LogP contribution is 2.14. The molecule has 0 N–H and O–H groups in total. The van der Waals surface area contributed by atoms with Gasteiger partial charge in [-0.25, -0.2) is 4.68 Å². The summed E-state index contributed by atoms with van der Waals surface area (Å²) in [5.41, 5.74) is 1.65. The van der Waals surface area contributed by atoms with Crippen molar-refractivity contribution in [3.63, 3.8) is 0 Å². The zero-order chi connectivity index (χ0) is 15.5. The average molecular weight is 298 g/mol. The first-order valence-corrected chi connectivity index (χ1v) is 7.28. The second-order valence-corrected chi connectivity index (χ2v) is 5.09. The topological polar surface area (TPSA) is 61.9 Å². The van der Waals surface area contributed by atoms with E-state index in [1.54, 1.807) is 24.1 Å². The molecule has 0 spiro atoms. The number of nitrogens with zero attached hydrogens (tertiary/aromatic N) is 4. The Labute approximate surface area is 127 Å². The Morgan fingerprint density at radius 1 is 1.23 bits per heavy atom. The standard InChI is InChI=1S/C16H18N4O2/c1-3-12-5-4-6-14(9-12)22-8-7-20-15-13(11-18-20)10-17-19(2)16(15)21/h4-6,9-11H,3,7-8H2,1-2H3. The van der Waals surface area contributed by atoms with Gasteiger partial charge in [-0.2, -0.15) is 10.2 Å². The summed E-state index contributed by atoms with van der Waals surface area (Å²) in [5.74, 6) is 0.838. The SMILES string of the molecule is CCc1cccc(OCCn2ncc3cnn(C)c(=O)c32)c1. The minimum Gasteiger partial charge on any atom is -0.492 e. The Kier molecular flexibility index (Phi) is 3.91. The van der Waals surface area contributed by atoms with Crippen LogP contribution >= 0.6 is 0 Å². The fourth-order valence-electron chi connectivity index (χ4n) is 2.36. The molecule has 0 unspecified atom stereocenters. The predicted octanol–water partition coefficient (Wildman–Crippen LogP) is 1.77. The van der Waals surface area contributed by atoms with E-state index >= 15 is 0 Å². The number of aryl methyl sites for hydroxylation is 2. The molecule has 0 amide bonds. The summed E-state index contributed by atoms with van der Waals surface area (Å²) in [6, 6.07) is 8.02. The van der Waals surface area contributed by atoms with Gasteiger partial charge < -0.3 is 4.74 Å². The van der Waals surface area contributed by atoms with E-state index in [1.165, 1.54) is 10.2 Å². The van der Waals surface area contributed by atoms with Crippen molar-refractivity contribution in [1.29, 1.82) is 0 Å². The summed E-state index contributed by atoms with van der Waals surface area (Å²) in [7, 11) is 1.63. The first-order valence-electron chi connectivity index (χ1n) is 7.28. The van der Waals surface area contributed by atoms with E-state index in [0.717, 1.165) is 17.6 Å². The lowest BCUT2D eigenvalue weighted by Gasteiger charge is -2.08. The van der Waals surface area contributed by atoms with Crippen molar-refractivity contribution in [2.45, 2.75) is 19.9 Å². The maximum absolute atomic E-state index is 12.1. The number of hydrogen-bond acceptors (Lipinski definition) is 4. The number of fused-ring (bicyclic) bond motifs is 1. The number of ether oxygens (including phenoxy) is 1. The largest absolute Gasteiger partial charge is 0.492 e. The van der Waals surface area contributed by atoms with Crippen LogP contribution in [0.4, 0.5) is 0 Å². The van der Waals surface area contributed by atoms with Crippen LogP contribution in [-0.2, 0) is 20.0 Å². The number of aromatic nitrogens is 4. The van der Waals surface area contributed by atoms with E-state index in [4.69, 9.17) is 4.74 Å². The van der Waals surface area contributed by atoms with E-state index in [2.05, 4.69) is 23.2 Å². The van der Waals surface area contributed by atoms with Gasteiger partial charge >= 0.3 is 0 Å². The molecule has 0 atom stereocenters. The molecule has 0 saturated heterocycles. The molecule has 0 aliphatic heterocycles. The van der Waals surface area contributed by atoms with Crippen LogP contribution in [0, 0.1) is 0 Å². The number of benzene rings is 1. The molecule has 0 fully saturated rings. The van der Waals surface area contributed by atoms with Gasteiger partial charge in [-0.05, 0) is 24.1 Å². The van der Waals surface area contributed by atoms with Crippen LogP contribution in [0.5, 0.6) is 5.75 Å². The highest BCUT2D eigenvalue weighted by Gasteiger charge is 2.08. The quantitative estimate of drug-likeness (QED) is 0.720. The number of hydrogen-bond donors (Lipinski definition) is 0. The van der Waals surface area contributed by atoms with E-state index in [0.29, 0.717) is 18.7 Å². The van der Waals surface area contributed by atoms with Gasteiger partial charge in [-0.1, -0.05) is 19.1 Å². The molecule has 1 aromatic carbocycles. The third kappa shape index (κ3) is 2.72. The van der Waals surface area contributed by atoms with Gasteiger partial charge in [-0.15, -0.1) is 0 Å². The second-order valence-electron chi connectivity index (χ2n) is 5.09. The molecule has 0 aliphatic rings. The molecule has 6 nitrogen and oxygen atoms in total. The molecule has 114 valence electrons. The van der Waals surface area contributed by atoms with Crippen LogP contribution in [0.3, 0.4) is 0 Å². The molecule has 6 heteroatoms. The van der Waals surface area contributed by atoms with Crippen molar-refractivity contribution < 1.29 is 4.74 Å². The van der Waals surface area contributed by atoms with Gasteiger partial charge in [0.25, 0.3) is 5.56 Å². The second kappa shape index (κ2) is 6.01. The summed E-state index contributed by atoms with van der Waals surface area (Å²) in [6.45, 7) is 3.08. The molecule has 0 bridgehead atoms. The summed E-state index contributed by atoms with van der Waals surface area (Å²) in [6.07, 6.45) is 4.28. The van der Waals surface area contributed by atoms with E-state index in [-0.39, 0.29) is 5.56 Å². The minimum absolute atomic E-state index is 0.150. The fraction of sp³-hybridized carbons (Fsp3) is 0.312. The van der Waals surface area contributed by atoms with Crippen molar-refractivity contribution in [3.05, 3.63) is 52.6 Å². The van der Waals surface area contributed by atoms with Crippen LogP contribution in [-0.4, -0.2) is 26.2 Å². The van der Waals surface area contributed by atoms with E-state index in [9.17, 15) is 4.79 Å². The normalized spacial score (nSPS) is 11.0. The van der Waals surface area contributed by atoms with Gasteiger partial charge in [0.05, 0.1) is 18.9 Å². The zero-order valence-corrected chi connectivity index (χ0v) is 12.7. The highest BCUT2D eigenvalue weighted by molar-refractivity contribution is 5.76. The monoisotopic (exact) mass is 298 g/mol. The van der Waals surface area contributed by atoms with Crippen LogP contribution < -0.4 is 10.3 Å². The smallest absolute Gasteiger partial charge is 0.292 e. The molecule has 3 aromatic rings. The summed E-state index contributed by atoms with van der Waals surface area (Å²) >= 11 is 0. The van der Waals surface area contributed by atoms with E-state index in [1.807, 2.05) is 18.2 Å². The Morgan fingerprint density at radius 3 is 2.86 bits per heavy atom. The lowest BCUT2D eigenvalue weighted by Crippen LogP contribution is -2.22. The highest BCUT2D eigenvalue weighted by atomic mass is 16.5. The zero-order valence-electron chi connectivity index (χ0n) is 12.7. The lowest BCUT2D eigenvalue weighted by molar-refractivity contribution is 0.293. The minimum atomic E-state index is -0.150.